The van der Waals surface area contributed by atoms with Crippen molar-refractivity contribution in [3.05, 3.63) is 53.1 Å². The molecule has 2 aromatic carbocycles. The molecule has 0 spiro atoms. The van der Waals surface area contributed by atoms with Gasteiger partial charge < -0.3 is 24.4 Å². The maximum Gasteiger partial charge on any atom is 0.300 e. The van der Waals surface area contributed by atoms with E-state index in [1.165, 1.54) is 16.0 Å². The van der Waals surface area contributed by atoms with E-state index in [0.29, 0.717) is 47.7 Å². The Morgan fingerprint density at radius 2 is 2.07 bits per heavy atom. The standard InChI is InChI=1S/C23H24N4O2S.C4H7NO2.C2H4O2/c1-4-30-27-20-10-9-17-18(20)6-5-7-19(17)22-25-23(29-26-22)15-8-11-21(28-14(2)3)16(12-15)13-24;6-3-5-1-4(7)2-5;1-2(3)4/h5-8,11-12,14,20,27H,4,9-10H2,1-3H3;3-4,7H,1-2H2;1H3,(H,3,4). The van der Waals surface area contributed by atoms with Gasteiger partial charge in [-0.3, -0.25) is 14.3 Å². The summed E-state index contributed by atoms with van der Waals surface area (Å²) in [5, 5.41) is 29.7. The molecule has 2 aliphatic rings. The van der Waals surface area contributed by atoms with E-state index in [4.69, 9.17) is 24.3 Å². The Bertz CT molecular complexity index is 1360. The number of carboxylic acid groups (broad SMARTS) is 1. The SMILES string of the molecule is CC(=O)O.CCSNC1CCc2c(-c3noc(-c4ccc(OC(C)C)c(C#N)c4)n3)cccc21.O=CN1CC(O)C1. The maximum absolute atomic E-state index is 9.75. The number of likely N-dealkylation sites (tertiary alicyclic amines) is 1. The van der Waals surface area contributed by atoms with Crippen LogP contribution in [0.1, 0.15) is 56.8 Å². The minimum Gasteiger partial charge on any atom is -0.490 e. The molecule has 1 aliphatic carbocycles. The van der Waals surface area contributed by atoms with Crippen LogP contribution < -0.4 is 9.46 Å². The molecule has 0 saturated carbocycles. The molecule has 41 heavy (non-hydrogen) atoms. The molecular formula is C29H35N5O6S. The monoisotopic (exact) mass is 581 g/mol. The lowest BCUT2D eigenvalue weighted by atomic mass is 10.0. The highest BCUT2D eigenvalue weighted by Gasteiger charge is 2.26. The second-order valence-electron chi connectivity index (χ2n) is 9.66. The summed E-state index contributed by atoms with van der Waals surface area (Å²) in [6, 6.07) is 14.1. The molecule has 0 radical (unpaired) electrons. The van der Waals surface area contributed by atoms with E-state index in [2.05, 4.69) is 33.9 Å². The lowest BCUT2D eigenvalue weighted by Gasteiger charge is -2.31. The van der Waals surface area contributed by atoms with Gasteiger partial charge in [0, 0.05) is 42.9 Å². The van der Waals surface area contributed by atoms with Crippen LogP contribution in [-0.4, -0.2) is 68.7 Å². The lowest BCUT2D eigenvalue weighted by Crippen LogP contribution is -2.49. The highest BCUT2D eigenvalue weighted by Crippen LogP contribution is 2.38. The van der Waals surface area contributed by atoms with Gasteiger partial charge in [-0.15, -0.1) is 0 Å². The van der Waals surface area contributed by atoms with Crippen LogP contribution in [0.3, 0.4) is 0 Å². The predicted molar refractivity (Wildman–Crippen MR) is 155 cm³/mol. The van der Waals surface area contributed by atoms with Crippen molar-refractivity contribution in [2.24, 2.45) is 0 Å². The number of benzene rings is 2. The molecule has 0 bridgehead atoms. The number of aliphatic carboxylic acids is 1. The lowest BCUT2D eigenvalue weighted by molar-refractivity contribution is -0.134. The van der Waals surface area contributed by atoms with Gasteiger partial charge in [0.25, 0.3) is 11.9 Å². The first-order valence-electron chi connectivity index (χ1n) is 13.3. The fourth-order valence-corrected chi connectivity index (χ4v) is 4.91. The van der Waals surface area contributed by atoms with Crippen molar-refractivity contribution >= 4 is 24.3 Å². The minimum absolute atomic E-state index is 0.00725. The van der Waals surface area contributed by atoms with Crippen LogP contribution in [0.5, 0.6) is 5.75 Å². The molecule has 12 heteroatoms. The molecule has 1 aliphatic heterocycles. The Balaban J connectivity index is 0.000000353. The third-order valence-electron chi connectivity index (χ3n) is 6.06. The molecule has 3 aromatic rings. The molecule has 1 aromatic heterocycles. The fourth-order valence-electron chi connectivity index (χ4n) is 4.30. The van der Waals surface area contributed by atoms with Gasteiger partial charge in [0.05, 0.1) is 17.8 Å². The van der Waals surface area contributed by atoms with Crippen LogP contribution in [-0.2, 0) is 16.0 Å². The van der Waals surface area contributed by atoms with E-state index in [0.717, 1.165) is 37.5 Å². The van der Waals surface area contributed by atoms with E-state index in [1.807, 2.05) is 32.0 Å². The molecule has 218 valence electrons. The van der Waals surface area contributed by atoms with E-state index in [9.17, 15) is 10.1 Å². The number of ether oxygens (including phenoxy) is 1. The number of amides is 1. The number of rotatable bonds is 8. The summed E-state index contributed by atoms with van der Waals surface area (Å²) in [4.78, 5) is 24.9. The molecule has 1 atom stereocenters. The first-order valence-corrected chi connectivity index (χ1v) is 14.3. The number of aliphatic hydroxyl groups excluding tert-OH is 1. The Labute approximate surface area is 243 Å². The van der Waals surface area contributed by atoms with Gasteiger partial charge in [0.1, 0.15) is 11.8 Å². The number of hydrogen-bond donors (Lipinski definition) is 3. The van der Waals surface area contributed by atoms with Gasteiger partial charge in [-0.05, 0) is 56.0 Å². The Kier molecular flexibility index (Phi) is 11.7. The zero-order chi connectivity index (χ0) is 29.9. The van der Waals surface area contributed by atoms with Gasteiger partial charge in [0.15, 0.2) is 0 Å². The predicted octanol–water partition coefficient (Wildman–Crippen LogP) is 4.22. The number of nitrogens with zero attached hydrogens (tertiary/aromatic N) is 4. The number of fused-ring (bicyclic) bond motifs is 1. The van der Waals surface area contributed by atoms with Crippen molar-refractivity contribution in [3.63, 3.8) is 0 Å². The summed E-state index contributed by atoms with van der Waals surface area (Å²) < 4.78 is 14.8. The molecule has 5 rings (SSSR count). The second kappa shape index (κ2) is 15.2. The third-order valence-corrected chi connectivity index (χ3v) is 6.80. The molecule has 2 heterocycles. The molecule has 1 amide bonds. The number of hydrogen-bond acceptors (Lipinski definition) is 10. The topological polar surface area (TPSA) is 162 Å². The Hall–Kier alpha value is -3.92. The average molecular weight is 582 g/mol. The Morgan fingerprint density at radius 3 is 2.66 bits per heavy atom. The van der Waals surface area contributed by atoms with E-state index in [1.54, 1.807) is 24.1 Å². The van der Waals surface area contributed by atoms with Crippen molar-refractivity contribution in [3.8, 4) is 34.7 Å². The van der Waals surface area contributed by atoms with Crippen LogP contribution in [0.4, 0.5) is 0 Å². The van der Waals surface area contributed by atoms with Crippen molar-refractivity contribution in [1.29, 1.82) is 5.26 Å². The van der Waals surface area contributed by atoms with Crippen LogP contribution in [0, 0.1) is 11.3 Å². The summed E-state index contributed by atoms with van der Waals surface area (Å²) in [5.41, 5.74) is 4.74. The summed E-state index contributed by atoms with van der Waals surface area (Å²) in [6.07, 6.45) is 2.52. The minimum atomic E-state index is -0.833. The second-order valence-corrected chi connectivity index (χ2v) is 10.8. The average Bonchev–Trinajstić information content (AvgIpc) is 3.58. The zero-order valence-corrected chi connectivity index (χ0v) is 24.4. The number of nitriles is 1. The number of carbonyl (C=O) groups is 2. The molecule has 1 saturated heterocycles. The highest BCUT2D eigenvalue weighted by molar-refractivity contribution is 7.97. The van der Waals surface area contributed by atoms with Gasteiger partial charge >= 0.3 is 0 Å². The largest absolute Gasteiger partial charge is 0.490 e. The molecular weight excluding hydrogens is 546 g/mol. The molecule has 1 unspecified atom stereocenters. The summed E-state index contributed by atoms with van der Waals surface area (Å²) in [7, 11) is 0. The van der Waals surface area contributed by atoms with E-state index < -0.39 is 5.97 Å². The number of aliphatic hydroxyl groups is 1. The Morgan fingerprint density at radius 1 is 1.34 bits per heavy atom. The van der Waals surface area contributed by atoms with Crippen molar-refractivity contribution in [2.75, 3.05) is 18.8 Å². The zero-order valence-electron chi connectivity index (χ0n) is 23.5. The van der Waals surface area contributed by atoms with Crippen LogP contribution in [0.25, 0.3) is 22.8 Å². The summed E-state index contributed by atoms with van der Waals surface area (Å²) in [6.45, 7) is 8.12. The number of nitrogens with one attached hydrogen (secondary N) is 1. The van der Waals surface area contributed by atoms with Gasteiger partial charge in [0.2, 0.25) is 12.2 Å². The number of carboxylic acids is 1. The van der Waals surface area contributed by atoms with Crippen molar-refractivity contribution < 1.29 is 29.1 Å². The summed E-state index contributed by atoms with van der Waals surface area (Å²) in [5.74, 6) is 1.72. The van der Waals surface area contributed by atoms with Crippen molar-refractivity contribution in [2.45, 2.75) is 58.8 Å². The number of β-amino-alcohol motifs (C(OH)–C–C–N with tert-alkyl or cyclic N) is 1. The van der Waals surface area contributed by atoms with E-state index >= 15 is 0 Å². The fraction of sp³-hybridized carbons (Fsp3) is 0.414. The normalized spacial score (nSPS) is 15.4. The van der Waals surface area contributed by atoms with Crippen LogP contribution >= 0.6 is 11.9 Å². The molecule has 1 fully saturated rings. The summed E-state index contributed by atoms with van der Waals surface area (Å²) >= 11 is 1.74. The van der Waals surface area contributed by atoms with Crippen molar-refractivity contribution in [1.82, 2.24) is 19.8 Å². The number of aromatic nitrogens is 2. The highest BCUT2D eigenvalue weighted by atomic mass is 32.2. The molecule has 3 N–H and O–H groups in total. The number of carbonyl (C=O) groups excluding carboxylic acids is 1. The van der Waals surface area contributed by atoms with Gasteiger partial charge in [-0.1, -0.05) is 42.2 Å². The third kappa shape index (κ3) is 8.78. The van der Waals surface area contributed by atoms with E-state index in [-0.39, 0.29) is 12.2 Å². The first kappa shape index (κ1) is 31.6. The quantitative estimate of drug-likeness (QED) is 0.258. The van der Waals surface area contributed by atoms with Crippen LogP contribution in [0.15, 0.2) is 40.9 Å². The van der Waals surface area contributed by atoms with Gasteiger partial charge in [-0.25, -0.2) is 0 Å². The first-order chi connectivity index (χ1) is 19.7. The maximum atomic E-state index is 9.75. The molecule has 11 nitrogen and oxygen atoms in total. The van der Waals surface area contributed by atoms with Crippen LogP contribution in [0.2, 0.25) is 0 Å². The smallest absolute Gasteiger partial charge is 0.300 e. The van der Waals surface area contributed by atoms with Gasteiger partial charge in [-0.2, -0.15) is 10.2 Å².